The minimum atomic E-state index is -0.344. The number of amides is 1. The third-order valence-electron chi connectivity index (χ3n) is 4.83. The Bertz CT molecular complexity index is 732. The van der Waals surface area contributed by atoms with Gasteiger partial charge in [0.25, 0.3) is 11.5 Å². The van der Waals surface area contributed by atoms with Crippen molar-refractivity contribution in [2.24, 2.45) is 5.92 Å². The number of carbonyl (C=O) groups excluding carboxylic acids is 1. The number of hydrogen-bond donors (Lipinski definition) is 2. The zero-order chi connectivity index (χ0) is 17.6. The van der Waals surface area contributed by atoms with Crippen molar-refractivity contribution >= 4 is 5.91 Å². The molecular weight excluding hydrogens is 318 g/mol. The van der Waals surface area contributed by atoms with E-state index in [4.69, 9.17) is 0 Å². The molecule has 1 aromatic heterocycles. The molecule has 1 amide bonds. The van der Waals surface area contributed by atoms with Crippen LogP contribution in [0.25, 0.3) is 0 Å². The van der Waals surface area contributed by atoms with Crippen molar-refractivity contribution in [3.63, 3.8) is 0 Å². The minimum absolute atomic E-state index is 0.173. The van der Waals surface area contributed by atoms with Crippen molar-refractivity contribution in [3.8, 4) is 0 Å². The Morgan fingerprint density at radius 2 is 2.00 bits per heavy atom. The molecule has 25 heavy (non-hydrogen) atoms. The van der Waals surface area contributed by atoms with Crippen molar-refractivity contribution in [2.75, 3.05) is 13.1 Å². The first-order valence-corrected chi connectivity index (χ1v) is 8.69. The molecule has 2 heterocycles. The molecule has 1 aromatic carbocycles. The SMILES string of the molecule is O=C(c1c[nH]c(=O)cn1)N1CCC([C@H](O)CCc2ccccc2)CC1. The Balaban J connectivity index is 1.48. The van der Waals surface area contributed by atoms with Crippen molar-refractivity contribution in [1.82, 2.24) is 14.9 Å². The molecule has 3 rings (SSSR count). The molecule has 6 nitrogen and oxygen atoms in total. The normalized spacial score (nSPS) is 16.6. The van der Waals surface area contributed by atoms with Gasteiger partial charge in [0.2, 0.25) is 0 Å². The second kappa shape index (κ2) is 8.07. The van der Waals surface area contributed by atoms with E-state index >= 15 is 0 Å². The molecule has 2 N–H and O–H groups in total. The fraction of sp³-hybridized carbons (Fsp3) is 0.421. The smallest absolute Gasteiger partial charge is 0.273 e. The van der Waals surface area contributed by atoms with Gasteiger partial charge in [0.1, 0.15) is 5.69 Å². The van der Waals surface area contributed by atoms with E-state index in [0.717, 1.165) is 31.9 Å². The standard InChI is InChI=1S/C19H23N3O3/c23-17(7-6-14-4-2-1-3-5-14)15-8-10-22(11-9-15)19(25)16-12-21-18(24)13-20-16/h1-5,12-13,15,17,23H,6-11H2,(H,21,24)/t17-/m1/s1. The molecule has 1 aliphatic heterocycles. The van der Waals surface area contributed by atoms with E-state index in [2.05, 4.69) is 22.1 Å². The molecule has 0 bridgehead atoms. The number of benzene rings is 1. The lowest BCUT2D eigenvalue weighted by Gasteiger charge is -2.34. The van der Waals surface area contributed by atoms with Gasteiger partial charge < -0.3 is 15.0 Å². The van der Waals surface area contributed by atoms with Gasteiger partial charge in [0.15, 0.2) is 0 Å². The highest BCUT2D eigenvalue weighted by Gasteiger charge is 2.28. The van der Waals surface area contributed by atoms with Gasteiger partial charge in [-0.05, 0) is 37.2 Å². The first kappa shape index (κ1) is 17.4. The Labute approximate surface area is 146 Å². The van der Waals surface area contributed by atoms with Crippen LogP contribution in [0, 0.1) is 5.92 Å². The quantitative estimate of drug-likeness (QED) is 0.865. The number of aromatic amines is 1. The van der Waals surface area contributed by atoms with E-state index < -0.39 is 0 Å². The van der Waals surface area contributed by atoms with Crippen LogP contribution in [-0.2, 0) is 6.42 Å². The number of aliphatic hydroxyl groups excluding tert-OH is 1. The predicted octanol–water partition coefficient (Wildman–Crippen LogP) is 1.62. The predicted molar refractivity (Wildman–Crippen MR) is 94.3 cm³/mol. The van der Waals surface area contributed by atoms with Crippen LogP contribution in [0.4, 0.5) is 0 Å². The molecule has 1 saturated heterocycles. The highest BCUT2D eigenvalue weighted by Crippen LogP contribution is 2.24. The molecule has 0 spiro atoms. The summed E-state index contributed by atoms with van der Waals surface area (Å²) in [5, 5.41) is 10.5. The van der Waals surface area contributed by atoms with E-state index in [-0.39, 0.29) is 29.2 Å². The van der Waals surface area contributed by atoms with Crippen LogP contribution in [0.3, 0.4) is 0 Å². The number of H-pyrrole nitrogens is 1. The number of aliphatic hydroxyl groups is 1. The zero-order valence-corrected chi connectivity index (χ0v) is 14.1. The topological polar surface area (TPSA) is 86.3 Å². The van der Waals surface area contributed by atoms with Gasteiger partial charge in [0, 0.05) is 19.3 Å². The van der Waals surface area contributed by atoms with Crippen molar-refractivity contribution in [2.45, 2.75) is 31.8 Å². The third kappa shape index (κ3) is 4.54. The number of piperidine rings is 1. The van der Waals surface area contributed by atoms with Crippen molar-refractivity contribution < 1.29 is 9.90 Å². The highest BCUT2D eigenvalue weighted by atomic mass is 16.3. The largest absolute Gasteiger partial charge is 0.393 e. The summed E-state index contributed by atoms with van der Waals surface area (Å²) in [5.41, 5.74) is 1.16. The summed E-state index contributed by atoms with van der Waals surface area (Å²) < 4.78 is 0. The fourth-order valence-corrected chi connectivity index (χ4v) is 3.30. The number of aromatic nitrogens is 2. The van der Waals surface area contributed by atoms with Crippen LogP contribution in [0.1, 0.15) is 35.3 Å². The molecule has 1 aliphatic rings. The molecule has 0 radical (unpaired) electrons. The van der Waals surface area contributed by atoms with E-state index in [0.29, 0.717) is 13.1 Å². The average Bonchev–Trinajstić information content (AvgIpc) is 2.67. The van der Waals surface area contributed by atoms with Gasteiger partial charge in [-0.2, -0.15) is 0 Å². The third-order valence-corrected chi connectivity index (χ3v) is 4.83. The number of hydrogen-bond acceptors (Lipinski definition) is 4. The molecular formula is C19H23N3O3. The van der Waals surface area contributed by atoms with E-state index in [9.17, 15) is 14.7 Å². The second-order valence-corrected chi connectivity index (χ2v) is 6.52. The lowest BCUT2D eigenvalue weighted by atomic mass is 9.88. The van der Waals surface area contributed by atoms with Crippen LogP contribution >= 0.6 is 0 Å². The Morgan fingerprint density at radius 1 is 1.28 bits per heavy atom. The van der Waals surface area contributed by atoms with Gasteiger partial charge in [-0.25, -0.2) is 4.98 Å². The molecule has 132 valence electrons. The van der Waals surface area contributed by atoms with Crippen LogP contribution < -0.4 is 5.56 Å². The number of nitrogens with one attached hydrogen (secondary N) is 1. The molecule has 1 fully saturated rings. The van der Waals surface area contributed by atoms with Crippen LogP contribution in [0.5, 0.6) is 0 Å². The number of carbonyl (C=O) groups is 1. The summed E-state index contributed by atoms with van der Waals surface area (Å²) in [5.74, 6) is 0.0461. The van der Waals surface area contributed by atoms with E-state index in [1.165, 1.54) is 11.8 Å². The molecule has 6 heteroatoms. The maximum Gasteiger partial charge on any atom is 0.273 e. The van der Waals surface area contributed by atoms with Gasteiger partial charge in [-0.15, -0.1) is 0 Å². The van der Waals surface area contributed by atoms with Gasteiger partial charge in [0.05, 0.1) is 12.3 Å². The van der Waals surface area contributed by atoms with Gasteiger partial charge >= 0.3 is 0 Å². The van der Waals surface area contributed by atoms with E-state index in [1.54, 1.807) is 4.90 Å². The number of likely N-dealkylation sites (tertiary alicyclic amines) is 1. The number of aryl methyl sites for hydroxylation is 1. The maximum absolute atomic E-state index is 12.4. The number of nitrogens with zero attached hydrogens (tertiary/aromatic N) is 2. The van der Waals surface area contributed by atoms with Crippen molar-refractivity contribution in [1.29, 1.82) is 0 Å². The Kier molecular flexibility index (Phi) is 5.60. The van der Waals surface area contributed by atoms with Crippen LogP contribution in [0.15, 0.2) is 47.5 Å². The molecule has 0 aliphatic carbocycles. The van der Waals surface area contributed by atoms with E-state index in [1.807, 2.05) is 18.2 Å². The number of rotatable bonds is 5. The lowest BCUT2D eigenvalue weighted by Crippen LogP contribution is -2.41. The second-order valence-electron chi connectivity index (χ2n) is 6.52. The average molecular weight is 341 g/mol. The summed E-state index contributed by atoms with van der Waals surface area (Å²) in [6.45, 7) is 1.21. The highest BCUT2D eigenvalue weighted by molar-refractivity contribution is 5.92. The molecule has 1 atom stereocenters. The monoisotopic (exact) mass is 341 g/mol. The van der Waals surface area contributed by atoms with Crippen LogP contribution in [0.2, 0.25) is 0 Å². The van der Waals surface area contributed by atoms with Crippen molar-refractivity contribution in [3.05, 3.63) is 64.3 Å². The maximum atomic E-state index is 12.4. The van der Waals surface area contributed by atoms with Gasteiger partial charge in [-0.1, -0.05) is 30.3 Å². The molecule has 0 saturated carbocycles. The zero-order valence-electron chi connectivity index (χ0n) is 14.1. The minimum Gasteiger partial charge on any atom is -0.393 e. The summed E-state index contributed by atoms with van der Waals surface area (Å²) in [4.78, 5) is 31.5. The first-order valence-electron chi connectivity index (χ1n) is 8.69. The van der Waals surface area contributed by atoms with Gasteiger partial charge in [-0.3, -0.25) is 9.59 Å². The van der Waals surface area contributed by atoms with Crippen LogP contribution in [-0.4, -0.2) is 45.1 Å². The summed E-state index contributed by atoms with van der Waals surface area (Å²) in [6, 6.07) is 10.2. The molecule has 0 unspecified atom stereocenters. The first-order chi connectivity index (χ1) is 12.1. The lowest BCUT2D eigenvalue weighted by molar-refractivity contribution is 0.0433. The fourth-order valence-electron chi connectivity index (χ4n) is 3.30. The summed E-state index contributed by atoms with van der Waals surface area (Å²) in [6.07, 6.45) is 5.30. The summed E-state index contributed by atoms with van der Waals surface area (Å²) in [7, 11) is 0. The Hall–Kier alpha value is -2.47. The molecule has 2 aromatic rings. The Morgan fingerprint density at radius 3 is 2.64 bits per heavy atom. The summed E-state index contributed by atoms with van der Waals surface area (Å²) >= 11 is 0.